The maximum atomic E-state index is 13.4. The number of piperazine rings is 1. The molecule has 1 aromatic heterocycles. The lowest BCUT2D eigenvalue weighted by Gasteiger charge is -2.39. The van der Waals surface area contributed by atoms with E-state index in [-0.39, 0.29) is 23.6 Å². The van der Waals surface area contributed by atoms with E-state index in [0.717, 1.165) is 16.0 Å². The second kappa shape index (κ2) is 8.20. The van der Waals surface area contributed by atoms with Crippen molar-refractivity contribution in [1.29, 1.82) is 0 Å². The van der Waals surface area contributed by atoms with Crippen LogP contribution in [0.25, 0.3) is 0 Å². The van der Waals surface area contributed by atoms with Crippen LogP contribution < -0.4 is 0 Å². The summed E-state index contributed by atoms with van der Waals surface area (Å²) in [5.41, 5.74) is 1.90. The molecular weight excluding hydrogens is 378 g/mol. The summed E-state index contributed by atoms with van der Waals surface area (Å²) in [6.07, 6.45) is 0. The quantitative estimate of drug-likeness (QED) is 0.643. The Hall–Kier alpha value is -2.57. The number of hydrogen-bond donors (Lipinski definition) is 0. The van der Waals surface area contributed by atoms with Crippen molar-refractivity contribution in [3.8, 4) is 0 Å². The molecule has 0 saturated carbocycles. The number of rotatable bonds is 4. The standard InChI is InChI=1S/C22H20F2N2OS/c23-18-7-3-16(4-8-18)21(17-5-9-19(24)10-6-17)25-11-13-26(14-12-25)22(27)20-2-1-15-28-20/h1-10,15,21H,11-14H2. The molecule has 6 heteroatoms. The molecule has 1 aliphatic rings. The van der Waals surface area contributed by atoms with E-state index < -0.39 is 0 Å². The number of amides is 1. The molecule has 1 fully saturated rings. The van der Waals surface area contributed by atoms with E-state index in [4.69, 9.17) is 0 Å². The Labute approximate surface area is 166 Å². The molecule has 0 bridgehead atoms. The topological polar surface area (TPSA) is 23.6 Å². The third-order valence-electron chi connectivity index (χ3n) is 5.07. The summed E-state index contributed by atoms with van der Waals surface area (Å²) in [5.74, 6) is -0.504. The summed E-state index contributed by atoms with van der Waals surface area (Å²) in [4.78, 5) is 17.5. The maximum Gasteiger partial charge on any atom is 0.264 e. The van der Waals surface area contributed by atoms with Gasteiger partial charge in [0, 0.05) is 26.2 Å². The van der Waals surface area contributed by atoms with Crippen molar-refractivity contribution < 1.29 is 13.6 Å². The van der Waals surface area contributed by atoms with Crippen LogP contribution in [-0.2, 0) is 0 Å². The first-order valence-electron chi connectivity index (χ1n) is 9.19. The monoisotopic (exact) mass is 398 g/mol. The highest BCUT2D eigenvalue weighted by Crippen LogP contribution is 2.30. The molecule has 0 N–H and O–H groups in total. The molecule has 1 saturated heterocycles. The number of benzene rings is 2. The Bertz CT molecular complexity index is 873. The van der Waals surface area contributed by atoms with Gasteiger partial charge in [-0.15, -0.1) is 11.3 Å². The summed E-state index contributed by atoms with van der Waals surface area (Å²) < 4.78 is 26.8. The number of carbonyl (C=O) groups excluding carboxylic acids is 1. The highest BCUT2D eigenvalue weighted by molar-refractivity contribution is 7.12. The van der Waals surface area contributed by atoms with Gasteiger partial charge in [0.25, 0.3) is 5.91 Å². The lowest BCUT2D eigenvalue weighted by Crippen LogP contribution is -2.49. The Morgan fingerprint density at radius 3 is 1.82 bits per heavy atom. The zero-order chi connectivity index (χ0) is 19.5. The summed E-state index contributed by atoms with van der Waals surface area (Å²) in [5, 5.41) is 1.91. The van der Waals surface area contributed by atoms with Crippen LogP contribution in [-0.4, -0.2) is 41.9 Å². The van der Waals surface area contributed by atoms with Gasteiger partial charge in [-0.25, -0.2) is 8.78 Å². The Morgan fingerprint density at radius 1 is 0.821 bits per heavy atom. The predicted molar refractivity (Wildman–Crippen MR) is 106 cm³/mol. The van der Waals surface area contributed by atoms with Crippen LogP contribution in [0.3, 0.4) is 0 Å². The van der Waals surface area contributed by atoms with E-state index in [2.05, 4.69) is 4.90 Å². The van der Waals surface area contributed by atoms with E-state index in [1.54, 1.807) is 24.3 Å². The first-order chi connectivity index (χ1) is 13.6. The number of nitrogens with zero attached hydrogens (tertiary/aromatic N) is 2. The van der Waals surface area contributed by atoms with Crippen LogP contribution in [0.2, 0.25) is 0 Å². The average Bonchev–Trinajstić information content (AvgIpc) is 3.26. The summed E-state index contributed by atoms with van der Waals surface area (Å²) in [6.45, 7) is 2.62. The zero-order valence-corrected chi connectivity index (χ0v) is 16.0. The Balaban J connectivity index is 1.55. The molecule has 2 heterocycles. The highest BCUT2D eigenvalue weighted by Gasteiger charge is 2.29. The molecular formula is C22H20F2N2OS. The second-order valence-corrected chi connectivity index (χ2v) is 7.76. The van der Waals surface area contributed by atoms with Gasteiger partial charge in [0.15, 0.2) is 0 Å². The SMILES string of the molecule is O=C(c1cccs1)N1CCN(C(c2ccc(F)cc2)c2ccc(F)cc2)CC1. The van der Waals surface area contributed by atoms with Gasteiger partial charge in [0.2, 0.25) is 0 Å². The minimum atomic E-state index is -0.284. The zero-order valence-electron chi connectivity index (χ0n) is 15.2. The fraction of sp³-hybridized carbons (Fsp3) is 0.227. The molecule has 4 rings (SSSR count). The fourth-order valence-corrected chi connectivity index (χ4v) is 4.33. The van der Waals surface area contributed by atoms with Gasteiger partial charge in [0.1, 0.15) is 11.6 Å². The molecule has 1 aliphatic heterocycles. The van der Waals surface area contributed by atoms with Crippen molar-refractivity contribution in [3.63, 3.8) is 0 Å². The fourth-order valence-electron chi connectivity index (χ4n) is 3.64. The van der Waals surface area contributed by atoms with E-state index >= 15 is 0 Å². The van der Waals surface area contributed by atoms with Gasteiger partial charge in [-0.1, -0.05) is 30.3 Å². The van der Waals surface area contributed by atoms with E-state index in [1.807, 2.05) is 22.4 Å². The normalized spacial score (nSPS) is 15.2. The number of thiophene rings is 1. The Morgan fingerprint density at radius 2 is 1.36 bits per heavy atom. The maximum absolute atomic E-state index is 13.4. The van der Waals surface area contributed by atoms with Crippen molar-refractivity contribution >= 4 is 17.2 Å². The lowest BCUT2D eigenvalue weighted by atomic mass is 9.96. The van der Waals surface area contributed by atoms with Gasteiger partial charge >= 0.3 is 0 Å². The molecule has 1 amide bonds. The van der Waals surface area contributed by atoms with Crippen LogP contribution in [0.1, 0.15) is 26.8 Å². The van der Waals surface area contributed by atoms with Gasteiger partial charge in [0.05, 0.1) is 10.9 Å². The lowest BCUT2D eigenvalue weighted by molar-refractivity contribution is 0.0602. The first-order valence-corrected chi connectivity index (χ1v) is 10.1. The van der Waals surface area contributed by atoms with E-state index in [0.29, 0.717) is 26.2 Å². The van der Waals surface area contributed by atoms with Crippen molar-refractivity contribution in [2.24, 2.45) is 0 Å². The summed E-state index contributed by atoms with van der Waals surface area (Å²) in [7, 11) is 0. The van der Waals surface area contributed by atoms with Crippen molar-refractivity contribution in [3.05, 3.63) is 93.7 Å². The average molecular weight is 398 g/mol. The molecule has 144 valence electrons. The highest BCUT2D eigenvalue weighted by atomic mass is 32.1. The molecule has 3 aromatic rings. The van der Waals surface area contributed by atoms with Gasteiger partial charge in [-0.2, -0.15) is 0 Å². The van der Waals surface area contributed by atoms with Crippen LogP contribution >= 0.6 is 11.3 Å². The number of halogens is 2. The Kier molecular flexibility index (Phi) is 5.50. The molecule has 2 aromatic carbocycles. The molecule has 3 nitrogen and oxygen atoms in total. The second-order valence-electron chi connectivity index (χ2n) is 6.81. The van der Waals surface area contributed by atoms with Crippen LogP contribution in [0.4, 0.5) is 8.78 Å². The largest absolute Gasteiger partial charge is 0.335 e. The number of hydrogen-bond acceptors (Lipinski definition) is 3. The molecule has 0 unspecified atom stereocenters. The smallest absolute Gasteiger partial charge is 0.264 e. The third kappa shape index (κ3) is 3.98. The molecule has 0 aliphatic carbocycles. The predicted octanol–water partition coefficient (Wildman–Crippen LogP) is 4.57. The van der Waals surface area contributed by atoms with Crippen molar-refractivity contribution in [2.75, 3.05) is 26.2 Å². The first kappa shape index (κ1) is 18.8. The summed E-state index contributed by atoms with van der Waals surface area (Å²) in [6, 6.07) is 16.5. The van der Waals surface area contributed by atoms with E-state index in [1.165, 1.54) is 35.6 Å². The minimum Gasteiger partial charge on any atom is -0.335 e. The number of carbonyl (C=O) groups is 1. The van der Waals surface area contributed by atoms with Gasteiger partial charge in [-0.3, -0.25) is 9.69 Å². The van der Waals surface area contributed by atoms with Crippen LogP contribution in [0.15, 0.2) is 66.0 Å². The van der Waals surface area contributed by atoms with Gasteiger partial charge < -0.3 is 4.90 Å². The molecule has 28 heavy (non-hydrogen) atoms. The molecule has 0 atom stereocenters. The van der Waals surface area contributed by atoms with Gasteiger partial charge in [-0.05, 0) is 46.8 Å². The van der Waals surface area contributed by atoms with Crippen molar-refractivity contribution in [2.45, 2.75) is 6.04 Å². The molecule has 0 spiro atoms. The van der Waals surface area contributed by atoms with Crippen LogP contribution in [0.5, 0.6) is 0 Å². The van der Waals surface area contributed by atoms with E-state index in [9.17, 15) is 13.6 Å². The minimum absolute atomic E-state index is 0.0646. The van der Waals surface area contributed by atoms with Crippen LogP contribution in [0, 0.1) is 11.6 Å². The molecule has 0 radical (unpaired) electrons. The third-order valence-corrected chi connectivity index (χ3v) is 5.93. The summed E-state index contributed by atoms with van der Waals surface area (Å²) >= 11 is 1.45. The van der Waals surface area contributed by atoms with Crippen molar-refractivity contribution in [1.82, 2.24) is 9.80 Å².